The van der Waals surface area contributed by atoms with Crippen LogP contribution in [0.15, 0.2) is 0 Å². The second kappa shape index (κ2) is 20.2. The van der Waals surface area contributed by atoms with Gasteiger partial charge in [-0.2, -0.15) is 0 Å². The number of rotatable bonds is 20. The van der Waals surface area contributed by atoms with Gasteiger partial charge in [0.2, 0.25) is 0 Å². The van der Waals surface area contributed by atoms with Gasteiger partial charge in [0.25, 0.3) is 0 Å². The molecule has 29 heavy (non-hydrogen) atoms. The Labute approximate surface area is 186 Å². The number of unbranched alkanes of at least 4 members (excludes halogenated alkanes) is 14. The van der Waals surface area contributed by atoms with E-state index in [1.165, 1.54) is 115 Å². The summed E-state index contributed by atoms with van der Waals surface area (Å²) >= 11 is 0. The first-order valence-electron chi connectivity index (χ1n) is 13.1. The first kappa shape index (κ1) is 27.3. The van der Waals surface area contributed by atoms with Crippen LogP contribution in [0.25, 0.3) is 0 Å². The third kappa shape index (κ3) is 17.7. The fraction of sp³-hybridized carbons (Fsp3) is 1.00. The monoisotopic (exact) mass is 444 g/mol. The summed E-state index contributed by atoms with van der Waals surface area (Å²) in [7, 11) is -2.49. The lowest BCUT2D eigenvalue weighted by molar-refractivity contribution is -0.0278. The molecule has 0 aromatic carbocycles. The summed E-state index contributed by atoms with van der Waals surface area (Å²) in [5, 5.41) is 0. The molecule has 1 fully saturated rings. The van der Waals surface area contributed by atoms with Crippen molar-refractivity contribution in [3.63, 3.8) is 0 Å². The van der Waals surface area contributed by atoms with Crippen molar-refractivity contribution in [3.8, 4) is 0 Å². The topological polar surface area (TPSA) is 27.7 Å². The van der Waals surface area contributed by atoms with Gasteiger partial charge in [0.05, 0.1) is 0 Å². The maximum Gasteiger partial charge on any atom is 0.323 e. The second-order valence-electron chi connectivity index (χ2n) is 9.29. The molecule has 1 saturated heterocycles. The van der Waals surface area contributed by atoms with E-state index in [9.17, 15) is 0 Å². The quantitative estimate of drug-likeness (QED) is 0.110. The minimum absolute atomic E-state index is 0.0263. The maximum absolute atomic E-state index is 6.25. The Morgan fingerprint density at radius 2 is 1.28 bits per heavy atom. The predicted octanol–water partition coefficient (Wildman–Crippen LogP) is 7.62. The molecular formula is C24H52O3Si2. The SMILES string of the molecule is CCCCCCCCCCCCCCCCCC(O[SiH](C)C)O[SiH]1CCCCO1. The summed E-state index contributed by atoms with van der Waals surface area (Å²) in [6.45, 7) is 7.68. The van der Waals surface area contributed by atoms with Crippen LogP contribution in [0.4, 0.5) is 0 Å². The fourth-order valence-electron chi connectivity index (χ4n) is 4.14. The Morgan fingerprint density at radius 3 is 1.72 bits per heavy atom. The highest BCUT2D eigenvalue weighted by molar-refractivity contribution is 6.48. The van der Waals surface area contributed by atoms with Crippen molar-refractivity contribution in [2.45, 2.75) is 148 Å². The van der Waals surface area contributed by atoms with E-state index in [0.717, 1.165) is 13.0 Å². The molecule has 174 valence electrons. The minimum atomic E-state index is -1.44. The van der Waals surface area contributed by atoms with Crippen molar-refractivity contribution >= 4 is 18.3 Å². The van der Waals surface area contributed by atoms with Gasteiger partial charge in [-0.25, -0.2) is 0 Å². The average Bonchev–Trinajstić information content (AvgIpc) is 2.71. The normalized spacial score (nSPS) is 18.4. The molecule has 1 rings (SSSR count). The number of hydrogen-bond donors (Lipinski definition) is 0. The van der Waals surface area contributed by atoms with Crippen LogP contribution >= 0.6 is 0 Å². The van der Waals surface area contributed by atoms with Crippen molar-refractivity contribution in [3.05, 3.63) is 0 Å². The molecule has 0 aromatic heterocycles. The first-order chi connectivity index (χ1) is 14.2. The Hall–Kier alpha value is 0.314. The van der Waals surface area contributed by atoms with E-state index in [4.69, 9.17) is 13.3 Å². The van der Waals surface area contributed by atoms with Gasteiger partial charge in [0, 0.05) is 6.61 Å². The second-order valence-corrected chi connectivity index (χ2v) is 13.7. The van der Waals surface area contributed by atoms with Gasteiger partial charge < -0.3 is 13.3 Å². The summed E-state index contributed by atoms with van der Waals surface area (Å²) in [6, 6.07) is 1.17. The minimum Gasteiger partial charge on any atom is -0.397 e. The molecule has 2 atom stereocenters. The third-order valence-corrected chi connectivity index (χ3v) is 8.85. The molecule has 2 unspecified atom stereocenters. The van der Waals surface area contributed by atoms with Crippen LogP contribution in [-0.4, -0.2) is 31.2 Å². The van der Waals surface area contributed by atoms with Gasteiger partial charge >= 0.3 is 9.28 Å². The highest BCUT2D eigenvalue weighted by Gasteiger charge is 2.23. The molecule has 0 spiro atoms. The van der Waals surface area contributed by atoms with Gasteiger partial charge in [0.15, 0.2) is 9.04 Å². The van der Waals surface area contributed by atoms with Gasteiger partial charge in [-0.1, -0.05) is 96.8 Å². The molecule has 0 saturated carbocycles. The van der Waals surface area contributed by atoms with Crippen LogP contribution in [0.3, 0.4) is 0 Å². The molecule has 3 nitrogen and oxygen atoms in total. The lowest BCUT2D eigenvalue weighted by Crippen LogP contribution is -2.35. The molecule has 0 aliphatic carbocycles. The van der Waals surface area contributed by atoms with E-state index in [1.54, 1.807) is 0 Å². The van der Waals surface area contributed by atoms with Crippen LogP contribution in [0.1, 0.15) is 122 Å². The predicted molar refractivity (Wildman–Crippen MR) is 132 cm³/mol. The summed E-state index contributed by atoms with van der Waals surface area (Å²) in [5.41, 5.74) is 0. The fourth-order valence-corrected chi connectivity index (χ4v) is 7.05. The van der Waals surface area contributed by atoms with Crippen LogP contribution in [-0.2, 0) is 13.3 Å². The molecule has 1 aliphatic heterocycles. The van der Waals surface area contributed by atoms with Crippen molar-refractivity contribution in [2.24, 2.45) is 0 Å². The van der Waals surface area contributed by atoms with E-state index in [2.05, 4.69) is 20.0 Å². The van der Waals surface area contributed by atoms with E-state index < -0.39 is 18.3 Å². The molecular weight excluding hydrogens is 392 g/mol. The highest BCUT2D eigenvalue weighted by Crippen LogP contribution is 2.18. The smallest absolute Gasteiger partial charge is 0.323 e. The number of hydrogen-bond acceptors (Lipinski definition) is 3. The van der Waals surface area contributed by atoms with Gasteiger partial charge in [0.1, 0.15) is 6.29 Å². The molecule has 1 aliphatic rings. The highest BCUT2D eigenvalue weighted by atomic mass is 28.3. The van der Waals surface area contributed by atoms with E-state index >= 15 is 0 Å². The molecule has 0 radical (unpaired) electrons. The van der Waals surface area contributed by atoms with Gasteiger partial charge in [-0.05, 0) is 44.8 Å². The Bertz CT molecular complexity index is 336. The largest absolute Gasteiger partial charge is 0.397 e. The van der Waals surface area contributed by atoms with Crippen LogP contribution in [0, 0.1) is 0 Å². The van der Waals surface area contributed by atoms with E-state index in [0.29, 0.717) is 0 Å². The zero-order valence-electron chi connectivity index (χ0n) is 20.1. The van der Waals surface area contributed by atoms with Gasteiger partial charge in [-0.3, -0.25) is 0 Å². The lowest BCUT2D eigenvalue weighted by atomic mass is 10.0. The summed E-state index contributed by atoms with van der Waals surface area (Å²) < 4.78 is 18.3. The summed E-state index contributed by atoms with van der Waals surface area (Å²) in [6.07, 6.45) is 24.8. The third-order valence-electron chi connectivity index (χ3n) is 5.91. The molecule has 5 heteroatoms. The zero-order chi connectivity index (χ0) is 21.0. The Kier molecular flexibility index (Phi) is 19.1. The van der Waals surface area contributed by atoms with Crippen molar-refractivity contribution in [1.29, 1.82) is 0 Å². The van der Waals surface area contributed by atoms with Crippen LogP contribution in [0.5, 0.6) is 0 Å². The molecule has 1 heterocycles. The maximum atomic E-state index is 6.25. The Balaban J connectivity index is 1.89. The standard InChI is InChI=1S/C24H52O3Si2/c1-4-5-6-7-8-9-10-11-12-13-14-15-16-17-18-21-24(26-28(2)3)27-29-23-20-19-22-25-29/h24,28-29H,4-23H2,1-3H3. The van der Waals surface area contributed by atoms with Crippen molar-refractivity contribution in [1.82, 2.24) is 0 Å². The average molecular weight is 445 g/mol. The van der Waals surface area contributed by atoms with E-state index in [-0.39, 0.29) is 6.29 Å². The van der Waals surface area contributed by atoms with Crippen molar-refractivity contribution < 1.29 is 13.3 Å². The molecule has 0 bridgehead atoms. The lowest BCUT2D eigenvalue weighted by Gasteiger charge is -2.28. The first-order valence-corrected chi connectivity index (χ1v) is 17.7. The van der Waals surface area contributed by atoms with Crippen molar-refractivity contribution in [2.75, 3.05) is 6.61 Å². The van der Waals surface area contributed by atoms with Crippen LogP contribution in [0.2, 0.25) is 19.1 Å². The summed E-state index contributed by atoms with van der Waals surface area (Å²) in [4.78, 5) is 0. The molecule has 0 aromatic rings. The summed E-state index contributed by atoms with van der Waals surface area (Å²) in [5.74, 6) is 0. The van der Waals surface area contributed by atoms with Gasteiger partial charge in [-0.15, -0.1) is 0 Å². The van der Waals surface area contributed by atoms with Crippen LogP contribution < -0.4 is 0 Å². The zero-order valence-corrected chi connectivity index (χ0v) is 22.4. The molecule has 0 amide bonds. The van der Waals surface area contributed by atoms with E-state index in [1.807, 2.05) is 0 Å². The molecule has 0 N–H and O–H groups in total. The Morgan fingerprint density at radius 1 is 0.759 bits per heavy atom.